The Morgan fingerprint density at radius 3 is 2.39 bits per heavy atom. The molecule has 0 fully saturated rings. The zero-order chi connectivity index (χ0) is 17.5. The number of carbonyl (C=O) groups excluding carboxylic acids is 2. The molecular weight excluding hydrogens is 292 g/mol. The normalized spacial score (nSPS) is 11.2. The molecule has 0 aliphatic heterocycles. The van der Waals surface area contributed by atoms with Crippen LogP contribution in [0, 0.1) is 0 Å². The molecule has 0 aliphatic rings. The number of ether oxygens (including phenoxy) is 2. The predicted octanol–water partition coefficient (Wildman–Crippen LogP) is 4.30. The first-order chi connectivity index (χ1) is 10.8. The van der Waals surface area contributed by atoms with Crippen molar-refractivity contribution in [1.29, 1.82) is 0 Å². The summed E-state index contributed by atoms with van der Waals surface area (Å²) in [5.74, 6) is 0.600. The molecule has 0 saturated heterocycles. The lowest BCUT2D eigenvalue weighted by Crippen LogP contribution is -2.15. The summed E-state index contributed by atoms with van der Waals surface area (Å²) in [5, 5.41) is 0. The van der Waals surface area contributed by atoms with Gasteiger partial charge >= 0.3 is 5.97 Å². The molecule has 0 amide bonds. The Morgan fingerprint density at radius 2 is 1.83 bits per heavy atom. The fourth-order valence-corrected chi connectivity index (χ4v) is 2.27. The average molecular weight is 320 g/mol. The Labute approximate surface area is 139 Å². The molecule has 0 saturated carbocycles. The second kappa shape index (κ2) is 8.70. The van der Waals surface area contributed by atoms with Crippen LogP contribution in [0.3, 0.4) is 0 Å². The molecule has 1 aromatic carbocycles. The molecule has 4 heteroatoms. The maximum atomic E-state index is 12.3. The zero-order valence-corrected chi connectivity index (χ0v) is 14.9. The summed E-state index contributed by atoms with van der Waals surface area (Å²) in [6.45, 7) is 9.04. The maximum Gasteiger partial charge on any atom is 0.305 e. The number of carbonyl (C=O) groups is 2. The highest BCUT2D eigenvalue weighted by molar-refractivity contribution is 5.96. The molecular formula is C19H28O4. The number of hydrogen-bond acceptors (Lipinski definition) is 4. The van der Waals surface area contributed by atoms with Crippen molar-refractivity contribution in [2.24, 2.45) is 0 Å². The Hall–Kier alpha value is -1.84. The zero-order valence-electron chi connectivity index (χ0n) is 14.9. The van der Waals surface area contributed by atoms with Crippen LogP contribution in [0.1, 0.15) is 69.3 Å². The van der Waals surface area contributed by atoms with Crippen LogP contribution >= 0.6 is 0 Å². The van der Waals surface area contributed by atoms with Crippen molar-refractivity contribution in [3.63, 3.8) is 0 Å². The third kappa shape index (κ3) is 6.05. The average Bonchev–Trinajstić information content (AvgIpc) is 2.51. The lowest BCUT2D eigenvalue weighted by atomic mass is 9.84. The van der Waals surface area contributed by atoms with Crippen LogP contribution in [0.4, 0.5) is 0 Å². The van der Waals surface area contributed by atoms with Gasteiger partial charge in [-0.2, -0.15) is 0 Å². The van der Waals surface area contributed by atoms with Gasteiger partial charge in [-0.05, 0) is 36.5 Å². The minimum absolute atomic E-state index is 0.0430. The van der Waals surface area contributed by atoms with Gasteiger partial charge in [0, 0.05) is 24.0 Å². The number of rotatable bonds is 8. The molecule has 128 valence electrons. The van der Waals surface area contributed by atoms with Crippen molar-refractivity contribution in [3.8, 4) is 5.75 Å². The van der Waals surface area contributed by atoms with Crippen LogP contribution in [-0.4, -0.2) is 25.5 Å². The Morgan fingerprint density at radius 1 is 1.13 bits per heavy atom. The molecule has 1 rings (SSSR count). The van der Waals surface area contributed by atoms with Gasteiger partial charge in [0.05, 0.1) is 13.7 Å². The van der Waals surface area contributed by atoms with Gasteiger partial charge in [-0.1, -0.05) is 27.7 Å². The van der Waals surface area contributed by atoms with E-state index in [9.17, 15) is 9.59 Å². The summed E-state index contributed by atoms with van der Waals surface area (Å²) in [7, 11) is 1.36. The van der Waals surface area contributed by atoms with Gasteiger partial charge in [0.2, 0.25) is 0 Å². The molecule has 0 spiro atoms. The maximum absolute atomic E-state index is 12.3. The van der Waals surface area contributed by atoms with Crippen molar-refractivity contribution in [3.05, 3.63) is 29.3 Å². The van der Waals surface area contributed by atoms with E-state index in [-0.39, 0.29) is 23.6 Å². The fourth-order valence-electron chi connectivity index (χ4n) is 2.27. The summed E-state index contributed by atoms with van der Waals surface area (Å²) in [5.41, 5.74) is 1.60. The number of hydrogen-bond donors (Lipinski definition) is 0. The van der Waals surface area contributed by atoms with Gasteiger partial charge in [0.1, 0.15) is 5.75 Å². The Bertz CT molecular complexity index is 541. The highest BCUT2D eigenvalue weighted by Crippen LogP contribution is 2.32. The van der Waals surface area contributed by atoms with Crippen LogP contribution < -0.4 is 4.74 Å². The fraction of sp³-hybridized carbons (Fsp3) is 0.579. The number of benzene rings is 1. The van der Waals surface area contributed by atoms with E-state index in [1.54, 1.807) is 6.07 Å². The van der Waals surface area contributed by atoms with E-state index in [0.29, 0.717) is 25.0 Å². The molecule has 0 N–H and O–H groups in total. The molecule has 1 aromatic rings. The van der Waals surface area contributed by atoms with E-state index in [1.807, 2.05) is 12.1 Å². The minimum atomic E-state index is -0.281. The summed E-state index contributed by atoms with van der Waals surface area (Å²) < 4.78 is 10.4. The van der Waals surface area contributed by atoms with E-state index in [2.05, 4.69) is 32.4 Å². The van der Waals surface area contributed by atoms with E-state index in [4.69, 9.17) is 4.74 Å². The van der Waals surface area contributed by atoms with Gasteiger partial charge in [-0.3, -0.25) is 9.59 Å². The number of Topliss-reactive ketones (excluding diaryl/α,β-unsaturated/α-hetero) is 1. The first kappa shape index (κ1) is 19.2. The van der Waals surface area contributed by atoms with Gasteiger partial charge in [0.15, 0.2) is 5.78 Å². The molecule has 0 bridgehead atoms. The lowest BCUT2D eigenvalue weighted by Gasteiger charge is -2.23. The highest BCUT2D eigenvalue weighted by Gasteiger charge is 2.21. The number of methoxy groups -OCH3 is 1. The molecule has 4 nitrogen and oxygen atoms in total. The van der Waals surface area contributed by atoms with E-state index >= 15 is 0 Å². The van der Waals surface area contributed by atoms with Crippen molar-refractivity contribution >= 4 is 11.8 Å². The number of esters is 1. The van der Waals surface area contributed by atoms with Crippen molar-refractivity contribution < 1.29 is 19.1 Å². The monoisotopic (exact) mass is 320 g/mol. The largest absolute Gasteiger partial charge is 0.493 e. The minimum Gasteiger partial charge on any atom is -0.493 e. The van der Waals surface area contributed by atoms with Gasteiger partial charge < -0.3 is 9.47 Å². The summed E-state index contributed by atoms with van der Waals surface area (Å²) >= 11 is 0. The Balaban J connectivity index is 2.87. The molecule has 0 radical (unpaired) electrons. The van der Waals surface area contributed by atoms with Gasteiger partial charge in [-0.25, -0.2) is 0 Å². The van der Waals surface area contributed by atoms with E-state index in [1.165, 1.54) is 7.11 Å². The van der Waals surface area contributed by atoms with E-state index in [0.717, 1.165) is 17.7 Å². The Kier molecular flexibility index (Phi) is 7.27. The van der Waals surface area contributed by atoms with Crippen LogP contribution in [0.15, 0.2) is 18.2 Å². The van der Waals surface area contributed by atoms with Crippen molar-refractivity contribution in [2.75, 3.05) is 13.7 Å². The predicted molar refractivity (Wildman–Crippen MR) is 91.1 cm³/mol. The van der Waals surface area contributed by atoms with Gasteiger partial charge in [0.25, 0.3) is 0 Å². The van der Waals surface area contributed by atoms with Crippen LogP contribution in [0.25, 0.3) is 0 Å². The summed E-state index contributed by atoms with van der Waals surface area (Å²) in [6, 6.07) is 5.61. The lowest BCUT2D eigenvalue weighted by molar-refractivity contribution is -0.140. The highest BCUT2D eigenvalue weighted by atomic mass is 16.5. The first-order valence-electron chi connectivity index (χ1n) is 8.17. The molecule has 0 unspecified atom stereocenters. The molecule has 0 aliphatic carbocycles. The second-order valence-electron chi connectivity index (χ2n) is 6.66. The smallest absolute Gasteiger partial charge is 0.305 e. The second-order valence-corrected chi connectivity index (χ2v) is 6.66. The molecule has 23 heavy (non-hydrogen) atoms. The number of ketones is 1. The molecule has 0 atom stereocenters. The summed E-state index contributed by atoms with van der Waals surface area (Å²) in [6.07, 6.45) is 2.06. The first-order valence-corrected chi connectivity index (χ1v) is 8.17. The third-order valence-electron chi connectivity index (χ3n) is 3.58. The SMILES string of the molecule is CCCOc1ccc(C(=O)CCCC(=O)OC)cc1C(C)(C)C. The van der Waals surface area contributed by atoms with E-state index < -0.39 is 0 Å². The van der Waals surface area contributed by atoms with Crippen LogP contribution in [0.2, 0.25) is 0 Å². The quantitative estimate of drug-likeness (QED) is 0.529. The van der Waals surface area contributed by atoms with Gasteiger partial charge in [-0.15, -0.1) is 0 Å². The standard InChI is InChI=1S/C19H28O4/c1-6-12-23-17-11-10-14(13-15(17)19(2,3)4)16(20)8-7-9-18(21)22-5/h10-11,13H,6-9,12H2,1-5H3. The van der Waals surface area contributed by atoms with Crippen LogP contribution in [0.5, 0.6) is 5.75 Å². The molecule has 0 heterocycles. The third-order valence-corrected chi connectivity index (χ3v) is 3.58. The summed E-state index contributed by atoms with van der Waals surface area (Å²) in [4.78, 5) is 23.4. The topological polar surface area (TPSA) is 52.6 Å². The molecule has 0 aromatic heterocycles. The van der Waals surface area contributed by atoms with Crippen molar-refractivity contribution in [2.45, 2.75) is 58.8 Å². The van der Waals surface area contributed by atoms with Crippen LogP contribution in [-0.2, 0) is 14.9 Å². The van der Waals surface area contributed by atoms with Crippen molar-refractivity contribution in [1.82, 2.24) is 0 Å².